The molecule has 3 rings (SSSR count). The van der Waals surface area contributed by atoms with Gasteiger partial charge in [0.15, 0.2) is 0 Å². The van der Waals surface area contributed by atoms with Crippen molar-refractivity contribution in [1.82, 2.24) is 9.88 Å². The standard InChI is InChI=1S/C18H17ClN2O2/c1-21-11-15(14-7-2-3-8-16(14)21)17(22)10-20-18(23)12-5-4-6-13(19)9-12/h2-9,11,17,22H,10H2,1H3,(H,20,23). The van der Waals surface area contributed by atoms with Crippen LogP contribution in [-0.2, 0) is 7.05 Å². The molecule has 0 aliphatic heterocycles. The van der Waals surface area contributed by atoms with E-state index in [0.717, 1.165) is 16.5 Å². The molecule has 0 fully saturated rings. The normalized spacial score (nSPS) is 12.3. The van der Waals surface area contributed by atoms with E-state index in [2.05, 4.69) is 5.32 Å². The number of aryl methyl sites for hydroxylation is 1. The van der Waals surface area contributed by atoms with E-state index in [0.29, 0.717) is 10.6 Å². The number of carbonyl (C=O) groups excluding carboxylic acids is 1. The summed E-state index contributed by atoms with van der Waals surface area (Å²) in [6, 6.07) is 14.6. The molecular weight excluding hydrogens is 312 g/mol. The SMILES string of the molecule is Cn1cc(C(O)CNC(=O)c2cccc(Cl)c2)c2ccccc21. The summed E-state index contributed by atoms with van der Waals surface area (Å²) < 4.78 is 1.96. The first-order chi connectivity index (χ1) is 11.1. The Kier molecular flexibility index (Phi) is 4.37. The van der Waals surface area contributed by atoms with Gasteiger partial charge >= 0.3 is 0 Å². The number of aliphatic hydroxyl groups is 1. The Balaban J connectivity index is 1.74. The molecule has 118 valence electrons. The molecule has 1 unspecified atom stereocenters. The summed E-state index contributed by atoms with van der Waals surface area (Å²) in [5, 5.41) is 14.7. The van der Waals surface area contributed by atoms with Crippen LogP contribution in [0.25, 0.3) is 10.9 Å². The number of fused-ring (bicyclic) bond motifs is 1. The minimum Gasteiger partial charge on any atom is -0.386 e. The van der Waals surface area contributed by atoms with Crippen LogP contribution in [0, 0.1) is 0 Å². The predicted octanol–water partition coefficient (Wildman–Crippen LogP) is 3.30. The third-order valence-corrected chi connectivity index (χ3v) is 4.06. The van der Waals surface area contributed by atoms with Crippen molar-refractivity contribution in [3.8, 4) is 0 Å². The number of hydrogen-bond donors (Lipinski definition) is 2. The number of aliphatic hydroxyl groups excluding tert-OH is 1. The van der Waals surface area contributed by atoms with Gasteiger partial charge in [-0.1, -0.05) is 35.9 Å². The van der Waals surface area contributed by atoms with E-state index in [1.165, 1.54) is 0 Å². The minimum absolute atomic E-state index is 0.138. The van der Waals surface area contributed by atoms with E-state index in [9.17, 15) is 9.90 Å². The molecule has 1 aromatic heterocycles. The lowest BCUT2D eigenvalue weighted by atomic mass is 10.1. The zero-order valence-corrected chi connectivity index (χ0v) is 13.4. The number of halogens is 1. The third kappa shape index (κ3) is 3.23. The number of aromatic nitrogens is 1. The largest absolute Gasteiger partial charge is 0.386 e. The van der Waals surface area contributed by atoms with E-state index in [1.807, 2.05) is 42.1 Å². The molecule has 23 heavy (non-hydrogen) atoms. The first kappa shape index (κ1) is 15.6. The Morgan fingerprint density at radius 3 is 2.83 bits per heavy atom. The van der Waals surface area contributed by atoms with Gasteiger partial charge in [-0.2, -0.15) is 0 Å². The van der Waals surface area contributed by atoms with Gasteiger partial charge in [0, 0.05) is 46.8 Å². The molecule has 0 spiro atoms. The van der Waals surface area contributed by atoms with Gasteiger partial charge in [0.25, 0.3) is 5.91 Å². The highest BCUT2D eigenvalue weighted by atomic mass is 35.5. The van der Waals surface area contributed by atoms with Gasteiger partial charge in [-0.05, 0) is 24.3 Å². The van der Waals surface area contributed by atoms with Crippen LogP contribution in [0.4, 0.5) is 0 Å². The van der Waals surface area contributed by atoms with Crippen molar-refractivity contribution in [2.75, 3.05) is 6.54 Å². The second-order valence-electron chi connectivity index (χ2n) is 5.45. The van der Waals surface area contributed by atoms with Crippen LogP contribution in [0.1, 0.15) is 22.0 Å². The highest BCUT2D eigenvalue weighted by molar-refractivity contribution is 6.30. The van der Waals surface area contributed by atoms with Crippen molar-refractivity contribution in [3.05, 3.63) is 70.9 Å². The maximum atomic E-state index is 12.1. The molecule has 1 amide bonds. The molecule has 0 saturated heterocycles. The van der Waals surface area contributed by atoms with E-state index >= 15 is 0 Å². The van der Waals surface area contributed by atoms with Gasteiger partial charge in [0.2, 0.25) is 0 Å². The zero-order valence-electron chi connectivity index (χ0n) is 12.7. The van der Waals surface area contributed by atoms with Crippen LogP contribution in [0.5, 0.6) is 0 Å². The molecule has 0 aliphatic rings. The summed E-state index contributed by atoms with van der Waals surface area (Å²) >= 11 is 5.88. The minimum atomic E-state index is -0.774. The summed E-state index contributed by atoms with van der Waals surface area (Å²) in [5.74, 6) is -0.258. The monoisotopic (exact) mass is 328 g/mol. The Bertz CT molecular complexity index is 857. The quantitative estimate of drug-likeness (QED) is 0.772. The molecule has 1 atom stereocenters. The third-order valence-electron chi connectivity index (χ3n) is 3.83. The van der Waals surface area contributed by atoms with Gasteiger partial charge < -0.3 is 15.0 Å². The van der Waals surface area contributed by atoms with Crippen molar-refractivity contribution in [3.63, 3.8) is 0 Å². The van der Waals surface area contributed by atoms with Crippen LogP contribution < -0.4 is 5.32 Å². The molecule has 2 aromatic carbocycles. The number of amides is 1. The van der Waals surface area contributed by atoms with Crippen LogP contribution in [0.2, 0.25) is 5.02 Å². The van der Waals surface area contributed by atoms with Crippen molar-refractivity contribution in [1.29, 1.82) is 0 Å². The summed E-state index contributed by atoms with van der Waals surface area (Å²) in [6.45, 7) is 0.138. The first-order valence-corrected chi connectivity index (χ1v) is 7.70. The Morgan fingerprint density at radius 1 is 1.26 bits per heavy atom. The molecule has 1 heterocycles. The molecule has 2 N–H and O–H groups in total. The average Bonchev–Trinajstić information content (AvgIpc) is 2.90. The molecular formula is C18H17ClN2O2. The van der Waals surface area contributed by atoms with Crippen LogP contribution >= 0.6 is 11.6 Å². The van der Waals surface area contributed by atoms with Gasteiger partial charge in [0.1, 0.15) is 0 Å². The van der Waals surface area contributed by atoms with Crippen molar-refractivity contribution in [2.24, 2.45) is 7.05 Å². The summed E-state index contributed by atoms with van der Waals surface area (Å²) in [5.41, 5.74) is 2.32. The highest BCUT2D eigenvalue weighted by Gasteiger charge is 2.16. The summed E-state index contributed by atoms with van der Waals surface area (Å²) in [4.78, 5) is 12.1. The van der Waals surface area contributed by atoms with Crippen molar-refractivity contribution >= 4 is 28.4 Å². The maximum Gasteiger partial charge on any atom is 0.251 e. The Morgan fingerprint density at radius 2 is 2.04 bits per heavy atom. The Labute approximate surface area is 139 Å². The zero-order chi connectivity index (χ0) is 16.4. The maximum absolute atomic E-state index is 12.1. The number of hydrogen-bond acceptors (Lipinski definition) is 2. The van der Waals surface area contributed by atoms with E-state index in [4.69, 9.17) is 11.6 Å². The number of carbonyl (C=O) groups is 1. The predicted molar refractivity (Wildman–Crippen MR) is 91.7 cm³/mol. The van der Waals surface area contributed by atoms with Gasteiger partial charge in [0.05, 0.1) is 6.10 Å². The number of nitrogens with zero attached hydrogens (tertiary/aromatic N) is 1. The molecule has 5 heteroatoms. The number of nitrogens with one attached hydrogen (secondary N) is 1. The van der Waals surface area contributed by atoms with E-state index < -0.39 is 6.10 Å². The molecule has 0 aliphatic carbocycles. The van der Waals surface area contributed by atoms with Crippen LogP contribution in [-0.4, -0.2) is 22.1 Å². The van der Waals surface area contributed by atoms with Crippen LogP contribution in [0.15, 0.2) is 54.7 Å². The lowest BCUT2D eigenvalue weighted by molar-refractivity contribution is 0.0917. The van der Waals surface area contributed by atoms with Crippen LogP contribution in [0.3, 0.4) is 0 Å². The fourth-order valence-electron chi connectivity index (χ4n) is 2.67. The lowest BCUT2D eigenvalue weighted by Crippen LogP contribution is -2.28. The molecule has 0 saturated carbocycles. The summed E-state index contributed by atoms with van der Waals surface area (Å²) in [6.07, 6.45) is 1.12. The van der Waals surface area contributed by atoms with E-state index in [-0.39, 0.29) is 12.5 Å². The smallest absolute Gasteiger partial charge is 0.251 e. The molecule has 0 bridgehead atoms. The topological polar surface area (TPSA) is 54.3 Å². The van der Waals surface area contributed by atoms with Gasteiger partial charge in [-0.15, -0.1) is 0 Å². The average molecular weight is 329 g/mol. The second kappa shape index (κ2) is 6.44. The first-order valence-electron chi connectivity index (χ1n) is 7.32. The molecule has 4 nitrogen and oxygen atoms in total. The Hall–Kier alpha value is -2.30. The number of rotatable bonds is 4. The lowest BCUT2D eigenvalue weighted by Gasteiger charge is -2.11. The fraction of sp³-hybridized carbons (Fsp3) is 0.167. The van der Waals surface area contributed by atoms with Crippen molar-refractivity contribution in [2.45, 2.75) is 6.10 Å². The second-order valence-corrected chi connectivity index (χ2v) is 5.89. The number of benzene rings is 2. The van der Waals surface area contributed by atoms with Gasteiger partial charge in [-0.3, -0.25) is 4.79 Å². The number of para-hydroxylation sites is 1. The van der Waals surface area contributed by atoms with Gasteiger partial charge in [-0.25, -0.2) is 0 Å². The summed E-state index contributed by atoms with van der Waals surface area (Å²) in [7, 11) is 1.93. The molecule has 3 aromatic rings. The fourth-order valence-corrected chi connectivity index (χ4v) is 2.86. The molecule has 0 radical (unpaired) electrons. The van der Waals surface area contributed by atoms with Crippen molar-refractivity contribution < 1.29 is 9.90 Å². The highest BCUT2D eigenvalue weighted by Crippen LogP contribution is 2.25. The van der Waals surface area contributed by atoms with E-state index in [1.54, 1.807) is 24.3 Å².